The number of aromatic nitrogens is 1. The molecule has 0 unspecified atom stereocenters. The van der Waals surface area contributed by atoms with Crippen LogP contribution in [0.15, 0.2) is 54.9 Å². The summed E-state index contributed by atoms with van der Waals surface area (Å²) in [5, 5.41) is 0. The molecule has 2 aliphatic rings. The van der Waals surface area contributed by atoms with Crippen molar-refractivity contribution in [2.75, 3.05) is 25.9 Å². The van der Waals surface area contributed by atoms with Gasteiger partial charge in [0.15, 0.2) is 0 Å². The average molecular weight is 400 g/mol. The van der Waals surface area contributed by atoms with Gasteiger partial charge in [-0.05, 0) is 35.6 Å². The van der Waals surface area contributed by atoms with E-state index in [2.05, 4.69) is 4.98 Å². The molecule has 0 N–H and O–H groups in total. The van der Waals surface area contributed by atoms with Gasteiger partial charge in [0, 0.05) is 44.4 Å². The van der Waals surface area contributed by atoms with Crippen molar-refractivity contribution in [2.24, 2.45) is 11.8 Å². The molecule has 2 aliphatic heterocycles. The predicted octanol–water partition coefficient (Wildman–Crippen LogP) is 2.11. The Morgan fingerprint density at radius 2 is 1.79 bits per heavy atom. The fourth-order valence-corrected chi connectivity index (χ4v) is 5.46. The maximum atomic E-state index is 13.1. The zero-order chi connectivity index (χ0) is 19.7. The number of amides is 1. The minimum atomic E-state index is -3.21. The minimum absolute atomic E-state index is 0.0668. The number of fused-ring (bicyclic) bond motifs is 1. The number of benzene rings is 1. The van der Waals surface area contributed by atoms with Gasteiger partial charge in [0.05, 0.1) is 12.3 Å². The Hall–Kier alpha value is -2.25. The van der Waals surface area contributed by atoms with Crippen LogP contribution in [-0.4, -0.2) is 54.4 Å². The van der Waals surface area contributed by atoms with Crippen molar-refractivity contribution >= 4 is 15.9 Å². The lowest BCUT2D eigenvalue weighted by atomic mass is 9.89. The monoisotopic (exact) mass is 399 g/mol. The second-order valence-corrected chi connectivity index (χ2v) is 9.74. The summed E-state index contributed by atoms with van der Waals surface area (Å²) < 4.78 is 25.6. The molecule has 28 heavy (non-hydrogen) atoms. The summed E-state index contributed by atoms with van der Waals surface area (Å²) in [5.74, 6) is 0.456. The Morgan fingerprint density at radius 1 is 1.07 bits per heavy atom. The molecule has 1 aromatic heterocycles. The Balaban J connectivity index is 1.54. The van der Waals surface area contributed by atoms with E-state index in [1.165, 1.54) is 6.26 Å². The van der Waals surface area contributed by atoms with E-state index in [0.29, 0.717) is 32.5 Å². The highest BCUT2D eigenvalue weighted by atomic mass is 32.2. The SMILES string of the molecule is CS(=O)(=O)N1C[C@H]2CN(C(=O)CCc3ccncc3)[C@H](c3ccccc3)[C@H]2C1. The van der Waals surface area contributed by atoms with Gasteiger partial charge < -0.3 is 4.90 Å². The van der Waals surface area contributed by atoms with Crippen LogP contribution in [0.3, 0.4) is 0 Å². The van der Waals surface area contributed by atoms with Crippen LogP contribution in [0.4, 0.5) is 0 Å². The fourth-order valence-electron chi connectivity index (χ4n) is 4.55. The standard InChI is InChI=1S/C21H25N3O3S/c1-28(26,27)23-13-18-14-24(20(25)8-7-16-9-11-22-12-10-16)21(19(18)15-23)17-5-3-2-4-6-17/h2-6,9-12,18-19,21H,7-8,13-15H2,1H3/t18-,19-,21+/m0/s1. The van der Waals surface area contributed by atoms with Crippen LogP contribution in [0.5, 0.6) is 0 Å². The van der Waals surface area contributed by atoms with Gasteiger partial charge in [0.1, 0.15) is 0 Å². The number of nitrogens with zero attached hydrogens (tertiary/aromatic N) is 3. The second kappa shape index (κ2) is 7.64. The molecule has 0 spiro atoms. The van der Waals surface area contributed by atoms with Crippen molar-refractivity contribution in [3.8, 4) is 0 Å². The van der Waals surface area contributed by atoms with E-state index in [9.17, 15) is 13.2 Å². The van der Waals surface area contributed by atoms with Gasteiger partial charge in [-0.25, -0.2) is 12.7 Å². The molecule has 7 heteroatoms. The van der Waals surface area contributed by atoms with E-state index in [1.807, 2.05) is 47.4 Å². The number of pyridine rings is 1. The van der Waals surface area contributed by atoms with Crippen molar-refractivity contribution in [1.29, 1.82) is 0 Å². The van der Waals surface area contributed by atoms with Crippen molar-refractivity contribution < 1.29 is 13.2 Å². The first-order valence-electron chi connectivity index (χ1n) is 9.62. The van der Waals surface area contributed by atoms with Gasteiger partial charge in [0.25, 0.3) is 0 Å². The summed E-state index contributed by atoms with van der Waals surface area (Å²) in [6.45, 7) is 1.60. The van der Waals surface area contributed by atoms with Crippen molar-refractivity contribution in [2.45, 2.75) is 18.9 Å². The molecule has 0 saturated carbocycles. The molecule has 3 heterocycles. The van der Waals surface area contributed by atoms with E-state index >= 15 is 0 Å². The molecule has 2 aromatic rings. The number of carbonyl (C=O) groups is 1. The van der Waals surface area contributed by atoms with Crippen molar-refractivity contribution in [3.05, 3.63) is 66.0 Å². The zero-order valence-corrected chi connectivity index (χ0v) is 16.8. The van der Waals surface area contributed by atoms with Gasteiger partial charge in [-0.2, -0.15) is 0 Å². The predicted molar refractivity (Wildman–Crippen MR) is 107 cm³/mol. The molecule has 0 aliphatic carbocycles. The van der Waals surface area contributed by atoms with Gasteiger partial charge in [-0.15, -0.1) is 0 Å². The maximum absolute atomic E-state index is 13.1. The molecule has 148 valence electrons. The van der Waals surface area contributed by atoms with Crippen LogP contribution in [0.25, 0.3) is 0 Å². The van der Waals surface area contributed by atoms with Crippen LogP contribution < -0.4 is 0 Å². The summed E-state index contributed by atoms with van der Waals surface area (Å²) in [6.07, 6.45) is 5.88. The third-order valence-corrected chi connectivity index (χ3v) is 7.17. The summed E-state index contributed by atoms with van der Waals surface area (Å²) >= 11 is 0. The largest absolute Gasteiger partial charge is 0.335 e. The number of hydrogen-bond acceptors (Lipinski definition) is 4. The number of hydrogen-bond donors (Lipinski definition) is 0. The van der Waals surface area contributed by atoms with E-state index < -0.39 is 10.0 Å². The third kappa shape index (κ3) is 3.82. The summed E-state index contributed by atoms with van der Waals surface area (Å²) in [4.78, 5) is 19.1. The van der Waals surface area contributed by atoms with Crippen molar-refractivity contribution in [3.63, 3.8) is 0 Å². The number of rotatable bonds is 5. The van der Waals surface area contributed by atoms with Gasteiger partial charge in [-0.3, -0.25) is 9.78 Å². The Morgan fingerprint density at radius 3 is 2.46 bits per heavy atom. The lowest BCUT2D eigenvalue weighted by Crippen LogP contribution is -2.37. The Bertz CT molecular complexity index is 934. The molecular weight excluding hydrogens is 374 g/mol. The number of carbonyl (C=O) groups excluding carboxylic acids is 1. The van der Waals surface area contributed by atoms with E-state index in [0.717, 1.165) is 11.1 Å². The zero-order valence-electron chi connectivity index (χ0n) is 15.9. The summed E-state index contributed by atoms with van der Waals surface area (Å²) in [7, 11) is -3.21. The topological polar surface area (TPSA) is 70.6 Å². The summed E-state index contributed by atoms with van der Waals surface area (Å²) in [5.41, 5.74) is 2.19. The average Bonchev–Trinajstić information content (AvgIpc) is 3.25. The maximum Gasteiger partial charge on any atom is 0.223 e. The summed E-state index contributed by atoms with van der Waals surface area (Å²) in [6, 6.07) is 13.8. The molecule has 6 nitrogen and oxygen atoms in total. The van der Waals surface area contributed by atoms with Gasteiger partial charge in [-0.1, -0.05) is 30.3 Å². The van der Waals surface area contributed by atoms with Crippen LogP contribution in [0, 0.1) is 11.8 Å². The molecule has 4 rings (SSSR count). The first-order valence-corrected chi connectivity index (χ1v) is 11.5. The molecule has 2 saturated heterocycles. The number of sulfonamides is 1. The highest BCUT2D eigenvalue weighted by molar-refractivity contribution is 7.88. The normalized spacial score (nSPS) is 25.0. The molecule has 3 atom stereocenters. The first kappa shape index (κ1) is 19.1. The molecular formula is C21H25N3O3S. The Kier molecular flexibility index (Phi) is 5.21. The molecule has 2 fully saturated rings. The van der Waals surface area contributed by atoms with Crippen LogP contribution in [0.1, 0.15) is 23.6 Å². The van der Waals surface area contributed by atoms with Crippen LogP contribution in [-0.2, 0) is 21.2 Å². The molecule has 0 radical (unpaired) electrons. The molecule has 1 aromatic carbocycles. The highest BCUT2D eigenvalue weighted by Gasteiger charge is 2.50. The number of aryl methyl sites for hydroxylation is 1. The second-order valence-electron chi connectivity index (χ2n) is 7.76. The lowest BCUT2D eigenvalue weighted by Gasteiger charge is -2.29. The molecule has 0 bridgehead atoms. The third-order valence-electron chi connectivity index (χ3n) is 5.94. The van der Waals surface area contributed by atoms with Gasteiger partial charge >= 0.3 is 0 Å². The minimum Gasteiger partial charge on any atom is -0.335 e. The van der Waals surface area contributed by atoms with Crippen LogP contribution in [0.2, 0.25) is 0 Å². The van der Waals surface area contributed by atoms with E-state index in [1.54, 1.807) is 16.7 Å². The van der Waals surface area contributed by atoms with E-state index in [-0.39, 0.29) is 23.8 Å². The van der Waals surface area contributed by atoms with Crippen LogP contribution >= 0.6 is 0 Å². The molecule has 1 amide bonds. The smallest absolute Gasteiger partial charge is 0.223 e. The highest BCUT2D eigenvalue weighted by Crippen LogP contribution is 2.45. The lowest BCUT2D eigenvalue weighted by molar-refractivity contribution is -0.132. The first-order chi connectivity index (χ1) is 13.4. The van der Waals surface area contributed by atoms with Gasteiger partial charge in [0.2, 0.25) is 15.9 Å². The van der Waals surface area contributed by atoms with E-state index in [4.69, 9.17) is 0 Å². The fraction of sp³-hybridized carbons (Fsp3) is 0.429. The Labute approximate surface area is 166 Å². The quantitative estimate of drug-likeness (QED) is 0.772. The van der Waals surface area contributed by atoms with Crippen molar-refractivity contribution in [1.82, 2.24) is 14.2 Å². The number of likely N-dealkylation sites (tertiary alicyclic amines) is 1.